The molecule has 0 bridgehead atoms. The van der Waals surface area contributed by atoms with Crippen molar-refractivity contribution in [2.45, 2.75) is 39.7 Å². The first-order valence-corrected chi connectivity index (χ1v) is 13.0. The van der Waals surface area contributed by atoms with E-state index in [1.807, 2.05) is 34.5 Å². The molecule has 2 amide bonds. The van der Waals surface area contributed by atoms with Crippen molar-refractivity contribution in [3.63, 3.8) is 0 Å². The molecule has 6 heteroatoms. The zero-order valence-electron chi connectivity index (χ0n) is 18.9. The van der Waals surface area contributed by atoms with Crippen molar-refractivity contribution in [2.75, 3.05) is 19.6 Å². The van der Waals surface area contributed by atoms with E-state index in [0.29, 0.717) is 23.9 Å². The van der Waals surface area contributed by atoms with Gasteiger partial charge in [0.25, 0.3) is 5.91 Å². The number of benzene rings is 1. The Hall–Kier alpha value is -2.44. The average Bonchev–Trinajstić information content (AvgIpc) is 3.47. The third kappa shape index (κ3) is 4.81. The zero-order valence-corrected chi connectivity index (χ0v) is 20.5. The van der Waals surface area contributed by atoms with Crippen LogP contribution in [0.5, 0.6) is 0 Å². The van der Waals surface area contributed by atoms with E-state index in [9.17, 15) is 9.59 Å². The molecule has 0 fully saturated rings. The summed E-state index contributed by atoms with van der Waals surface area (Å²) >= 11 is 3.20. The van der Waals surface area contributed by atoms with Crippen molar-refractivity contribution in [1.29, 1.82) is 0 Å². The Kier molecular flexibility index (Phi) is 7.11. The van der Waals surface area contributed by atoms with Gasteiger partial charge >= 0.3 is 0 Å². The monoisotopic (exact) mass is 466 g/mol. The Morgan fingerprint density at radius 3 is 2.59 bits per heavy atom. The number of nitrogens with zero attached hydrogens (tertiary/aromatic N) is 2. The van der Waals surface area contributed by atoms with Gasteiger partial charge < -0.3 is 9.80 Å². The molecule has 0 radical (unpaired) electrons. The molecule has 4 rings (SSSR count). The maximum atomic E-state index is 13.7. The summed E-state index contributed by atoms with van der Waals surface area (Å²) in [6.45, 7) is 7.78. The van der Waals surface area contributed by atoms with E-state index in [1.54, 1.807) is 16.2 Å². The lowest BCUT2D eigenvalue weighted by molar-refractivity contribution is -0.134. The maximum Gasteiger partial charge on any atom is 0.264 e. The van der Waals surface area contributed by atoms with Gasteiger partial charge in [0.2, 0.25) is 5.91 Å². The van der Waals surface area contributed by atoms with Crippen molar-refractivity contribution in [2.24, 2.45) is 5.92 Å². The van der Waals surface area contributed by atoms with E-state index < -0.39 is 0 Å². The summed E-state index contributed by atoms with van der Waals surface area (Å²) in [5, 5.41) is 4.03. The molecule has 168 valence electrons. The van der Waals surface area contributed by atoms with Gasteiger partial charge in [0.15, 0.2) is 0 Å². The first kappa shape index (κ1) is 22.7. The van der Waals surface area contributed by atoms with Crippen LogP contribution in [0.2, 0.25) is 0 Å². The Morgan fingerprint density at radius 2 is 1.88 bits per heavy atom. The zero-order chi connectivity index (χ0) is 22.7. The summed E-state index contributed by atoms with van der Waals surface area (Å²) in [5.74, 6) is 0.435. The molecule has 0 aliphatic carbocycles. The Morgan fingerprint density at radius 1 is 1.06 bits per heavy atom. The molecule has 3 heterocycles. The number of hydrogen-bond donors (Lipinski definition) is 0. The van der Waals surface area contributed by atoms with Gasteiger partial charge in [-0.15, -0.1) is 22.7 Å². The molecule has 1 aliphatic heterocycles. The van der Waals surface area contributed by atoms with Gasteiger partial charge in [-0.05, 0) is 65.3 Å². The smallest absolute Gasteiger partial charge is 0.264 e. The summed E-state index contributed by atoms with van der Waals surface area (Å²) in [6, 6.07) is 14.1. The second-order valence-corrected chi connectivity index (χ2v) is 10.7. The maximum absolute atomic E-state index is 13.7. The molecule has 0 saturated heterocycles. The van der Waals surface area contributed by atoms with Crippen LogP contribution in [0.3, 0.4) is 0 Å². The average molecular weight is 467 g/mol. The molecule has 1 atom stereocenters. The number of rotatable bonds is 7. The molecule has 0 spiro atoms. The lowest BCUT2D eigenvalue weighted by Crippen LogP contribution is -2.47. The highest BCUT2D eigenvalue weighted by molar-refractivity contribution is 7.12. The number of fused-ring (bicyclic) bond motifs is 1. The van der Waals surface area contributed by atoms with Crippen LogP contribution in [0.1, 0.15) is 57.5 Å². The van der Waals surface area contributed by atoms with Gasteiger partial charge in [-0.1, -0.05) is 44.2 Å². The molecule has 1 aliphatic rings. The molecule has 4 nitrogen and oxygen atoms in total. The van der Waals surface area contributed by atoms with Crippen molar-refractivity contribution in [3.8, 4) is 0 Å². The normalized spacial score (nSPS) is 15.6. The van der Waals surface area contributed by atoms with Crippen LogP contribution >= 0.6 is 22.7 Å². The molecule has 3 aromatic rings. The van der Waals surface area contributed by atoms with Crippen molar-refractivity contribution in [1.82, 2.24) is 9.80 Å². The third-order valence-corrected chi connectivity index (χ3v) is 7.95. The van der Waals surface area contributed by atoms with E-state index in [1.165, 1.54) is 32.9 Å². The Bertz CT molecular complexity index is 1070. The summed E-state index contributed by atoms with van der Waals surface area (Å²) in [7, 11) is 0. The molecular formula is C26H30N2O2S2. The molecule has 0 N–H and O–H groups in total. The minimum atomic E-state index is -0.0949. The summed E-state index contributed by atoms with van der Waals surface area (Å²) < 4.78 is 0. The van der Waals surface area contributed by atoms with E-state index in [0.717, 1.165) is 12.8 Å². The molecular weight excluding hydrogens is 436 g/mol. The third-order valence-electron chi connectivity index (χ3n) is 6.09. The van der Waals surface area contributed by atoms with Crippen molar-refractivity contribution >= 4 is 34.5 Å². The van der Waals surface area contributed by atoms with Crippen LogP contribution < -0.4 is 0 Å². The Labute approximate surface area is 198 Å². The van der Waals surface area contributed by atoms with Crippen LogP contribution in [-0.2, 0) is 11.2 Å². The molecule has 32 heavy (non-hydrogen) atoms. The highest BCUT2D eigenvalue weighted by Gasteiger charge is 2.34. The number of carbonyl (C=O) groups is 2. The second kappa shape index (κ2) is 10.0. The molecule has 1 unspecified atom stereocenters. The molecule has 0 saturated carbocycles. The van der Waals surface area contributed by atoms with Crippen LogP contribution in [0.4, 0.5) is 0 Å². The van der Waals surface area contributed by atoms with Gasteiger partial charge in [0.1, 0.15) is 6.54 Å². The number of thiophene rings is 2. The lowest BCUT2D eigenvalue weighted by atomic mass is 9.90. The van der Waals surface area contributed by atoms with Gasteiger partial charge in [-0.25, -0.2) is 0 Å². The number of amides is 2. The lowest BCUT2D eigenvalue weighted by Gasteiger charge is -2.38. The first-order valence-electron chi connectivity index (χ1n) is 11.2. The predicted molar refractivity (Wildman–Crippen MR) is 132 cm³/mol. The van der Waals surface area contributed by atoms with Crippen LogP contribution in [-0.4, -0.2) is 41.2 Å². The summed E-state index contributed by atoms with van der Waals surface area (Å²) in [4.78, 5) is 32.6. The molecule has 1 aromatic carbocycles. The minimum Gasteiger partial charge on any atom is -0.330 e. The van der Waals surface area contributed by atoms with Crippen LogP contribution in [0, 0.1) is 12.8 Å². The van der Waals surface area contributed by atoms with E-state index in [-0.39, 0.29) is 24.4 Å². The largest absolute Gasteiger partial charge is 0.330 e. The first-order chi connectivity index (χ1) is 15.5. The van der Waals surface area contributed by atoms with E-state index in [4.69, 9.17) is 0 Å². The van der Waals surface area contributed by atoms with Crippen molar-refractivity contribution < 1.29 is 9.59 Å². The summed E-state index contributed by atoms with van der Waals surface area (Å²) in [6.07, 6.45) is 1.74. The predicted octanol–water partition coefficient (Wildman–Crippen LogP) is 5.78. The number of hydrogen-bond acceptors (Lipinski definition) is 4. The SMILES string of the molecule is Cc1ccccc1C1c2ccsc2CCN1C(=O)CN(CCC(C)C)C(=O)c1cccs1. The van der Waals surface area contributed by atoms with Crippen LogP contribution in [0.15, 0.2) is 53.2 Å². The quantitative estimate of drug-likeness (QED) is 0.443. The topological polar surface area (TPSA) is 40.6 Å². The summed E-state index contributed by atoms with van der Waals surface area (Å²) in [5.41, 5.74) is 3.57. The molecule has 2 aromatic heterocycles. The Balaban J connectivity index is 1.62. The number of aryl methyl sites for hydroxylation is 1. The van der Waals surface area contributed by atoms with Gasteiger partial charge in [-0.2, -0.15) is 0 Å². The highest BCUT2D eigenvalue weighted by atomic mass is 32.1. The standard InChI is InChI=1S/C26H30N2O2S2/c1-18(2)10-13-27(26(30)23-9-6-15-31-23)17-24(29)28-14-11-22-21(12-16-32-22)25(28)20-8-5-4-7-19(20)3/h4-9,12,15-16,18,25H,10-11,13-14,17H2,1-3H3. The highest BCUT2D eigenvalue weighted by Crippen LogP contribution is 2.39. The number of carbonyl (C=O) groups excluding carboxylic acids is 2. The minimum absolute atomic E-state index is 0.0174. The van der Waals surface area contributed by atoms with E-state index >= 15 is 0 Å². The van der Waals surface area contributed by atoms with Gasteiger partial charge in [0.05, 0.1) is 10.9 Å². The van der Waals surface area contributed by atoms with E-state index in [2.05, 4.69) is 44.4 Å². The van der Waals surface area contributed by atoms with Gasteiger partial charge in [-0.3, -0.25) is 9.59 Å². The fourth-order valence-electron chi connectivity index (χ4n) is 4.29. The van der Waals surface area contributed by atoms with Crippen LogP contribution in [0.25, 0.3) is 0 Å². The van der Waals surface area contributed by atoms with Gasteiger partial charge in [0, 0.05) is 18.0 Å². The fourth-order valence-corrected chi connectivity index (χ4v) is 5.89. The van der Waals surface area contributed by atoms with Crippen molar-refractivity contribution in [3.05, 3.63) is 79.7 Å². The second-order valence-electron chi connectivity index (χ2n) is 8.78. The fraction of sp³-hybridized carbons (Fsp3) is 0.385.